The lowest BCUT2D eigenvalue weighted by Crippen LogP contribution is -2.46. The van der Waals surface area contributed by atoms with Crippen LogP contribution >= 0.6 is 0 Å². The maximum Gasteiger partial charge on any atom is 0.409 e. The van der Waals surface area contributed by atoms with E-state index in [-0.39, 0.29) is 29.5 Å². The van der Waals surface area contributed by atoms with Crippen LogP contribution in [0.1, 0.15) is 61.3 Å². The molecule has 1 aliphatic heterocycles. The lowest BCUT2D eigenvalue weighted by Gasteiger charge is -2.31. The van der Waals surface area contributed by atoms with Crippen LogP contribution in [0.2, 0.25) is 0 Å². The van der Waals surface area contributed by atoms with Crippen molar-refractivity contribution >= 4 is 17.9 Å². The number of piperidine rings is 1. The zero-order valence-electron chi connectivity index (χ0n) is 16.5. The van der Waals surface area contributed by atoms with Crippen molar-refractivity contribution in [2.45, 2.75) is 52.1 Å². The van der Waals surface area contributed by atoms with Gasteiger partial charge < -0.3 is 20.3 Å². The van der Waals surface area contributed by atoms with Gasteiger partial charge in [-0.3, -0.25) is 9.59 Å². The molecule has 1 aromatic carbocycles. The summed E-state index contributed by atoms with van der Waals surface area (Å²) in [6.07, 6.45) is 1.04. The second-order valence-corrected chi connectivity index (χ2v) is 7.72. The molecule has 1 fully saturated rings. The Morgan fingerprint density at radius 2 is 1.70 bits per heavy atom. The van der Waals surface area contributed by atoms with E-state index < -0.39 is 0 Å². The van der Waals surface area contributed by atoms with Crippen molar-refractivity contribution in [3.8, 4) is 0 Å². The van der Waals surface area contributed by atoms with Crippen LogP contribution in [0.5, 0.6) is 0 Å². The van der Waals surface area contributed by atoms with Crippen LogP contribution in [0, 0.1) is 0 Å². The van der Waals surface area contributed by atoms with Crippen LogP contribution in [0.3, 0.4) is 0 Å². The number of rotatable bonds is 4. The van der Waals surface area contributed by atoms with Crippen LogP contribution in [0.4, 0.5) is 4.79 Å². The molecule has 2 rings (SSSR count). The zero-order valence-corrected chi connectivity index (χ0v) is 16.5. The van der Waals surface area contributed by atoms with Crippen LogP contribution in [0.25, 0.3) is 0 Å². The highest BCUT2D eigenvalue weighted by Gasteiger charge is 2.25. The summed E-state index contributed by atoms with van der Waals surface area (Å²) < 4.78 is 5.00. The standard InChI is InChI=1S/C20H29N3O4/c1-5-27-19(26)23-11-9-16(10-12-23)21-17(24)14-7-6-8-15(13-14)18(25)22-20(2,3)4/h6-8,13,16H,5,9-12H2,1-4H3,(H,21,24)(H,22,25). The molecule has 148 valence electrons. The predicted molar refractivity (Wildman–Crippen MR) is 103 cm³/mol. The molecule has 0 atom stereocenters. The van der Waals surface area contributed by atoms with E-state index in [0.29, 0.717) is 43.7 Å². The number of carbonyl (C=O) groups excluding carboxylic acids is 3. The van der Waals surface area contributed by atoms with Crippen molar-refractivity contribution in [2.24, 2.45) is 0 Å². The summed E-state index contributed by atoms with van der Waals surface area (Å²) in [7, 11) is 0. The Bertz CT molecular complexity index is 689. The Hall–Kier alpha value is -2.57. The van der Waals surface area contributed by atoms with Crippen molar-refractivity contribution in [1.29, 1.82) is 0 Å². The summed E-state index contributed by atoms with van der Waals surface area (Å²) in [6.45, 7) is 8.96. The number of carbonyl (C=O) groups is 3. The van der Waals surface area contributed by atoms with E-state index in [4.69, 9.17) is 4.74 Å². The molecule has 7 heteroatoms. The number of amides is 3. The third-order valence-electron chi connectivity index (χ3n) is 4.23. The quantitative estimate of drug-likeness (QED) is 0.847. The van der Waals surface area contributed by atoms with Gasteiger partial charge in [0.2, 0.25) is 0 Å². The normalized spacial score (nSPS) is 15.2. The van der Waals surface area contributed by atoms with Gasteiger partial charge in [-0.2, -0.15) is 0 Å². The fraction of sp³-hybridized carbons (Fsp3) is 0.550. The maximum atomic E-state index is 12.5. The number of ether oxygens (including phenoxy) is 1. The highest BCUT2D eigenvalue weighted by atomic mass is 16.6. The second-order valence-electron chi connectivity index (χ2n) is 7.72. The maximum absolute atomic E-state index is 12.5. The van der Waals surface area contributed by atoms with Gasteiger partial charge in [0.25, 0.3) is 11.8 Å². The first kappa shape index (κ1) is 20.7. The Morgan fingerprint density at radius 1 is 1.11 bits per heavy atom. The van der Waals surface area contributed by atoms with E-state index >= 15 is 0 Å². The molecule has 1 saturated heterocycles. The van der Waals surface area contributed by atoms with Crippen LogP contribution in [-0.4, -0.2) is 54.1 Å². The summed E-state index contributed by atoms with van der Waals surface area (Å²) in [6, 6.07) is 6.68. The van der Waals surface area contributed by atoms with Gasteiger partial charge in [-0.05, 0) is 58.7 Å². The minimum Gasteiger partial charge on any atom is -0.450 e. The monoisotopic (exact) mass is 375 g/mol. The van der Waals surface area contributed by atoms with Gasteiger partial charge in [0.1, 0.15) is 0 Å². The number of benzene rings is 1. The highest BCUT2D eigenvalue weighted by molar-refractivity contribution is 6.00. The Kier molecular flexibility index (Phi) is 6.82. The molecule has 1 aromatic rings. The lowest BCUT2D eigenvalue weighted by atomic mass is 10.0. The molecule has 1 heterocycles. The molecule has 3 amide bonds. The van der Waals surface area contributed by atoms with Gasteiger partial charge >= 0.3 is 6.09 Å². The van der Waals surface area contributed by atoms with E-state index in [1.165, 1.54) is 0 Å². The number of hydrogen-bond donors (Lipinski definition) is 2. The van der Waals surface area contributed by atoms with Crippen molar-refractivity contribution in [1.82, 2.24) is 15.5 Å². The fourth-order valence-corrected chi connectivity index (χ4v) is 2.90. The van der Waals surface area contributed by atoms with E-state index in [9.17, 15) is 14.4 Å². The van der Waals surface area contributed by atoms with Crippen LogP contribution in [-0.2, 0) is 4.74 Å². The third-order valence-corrected chi connectivity index (χ3v) is 4.23. The molecule has 0 aromatic heterocycles. The molecule has 0 aliphatic carbocycles. The fourth-order valence-electron chi connectivity index (χ4n) is 2.90. The number of hydrogen-bond acceptors (Lipinski definition) is 4. The van der Waals surface area contributed by atoms with Gasteiger partial charge in [-0.25, -0.2) is 4.79 Å². The second kappa shape index (κ2) is 8.88. The van der Waals surface area contributed by atoms with Crippen molar-refractivity contribution < 1.29 is 19.1 Å². The van der Waals surface area contributed by atoms with E-state index in [1.807, 2.05) is 20.8 Å². The summed E-state index contributed by atoms with van der Waals surface area (Å²) in [4.78, 5) is 38.2. The summed E-state index contributed by atoms with van der Waals surface area (Å²) in [5.41, 5.74) is 0.557. The average Bonchev–Trinajstić information content (AvgIpc) is 2.61. The first-order chi connectivity index (χ1) is 12.7. The molecule has 0 spiro atoms. The van der Waals surface area contributed by atoms with Gasteiger partial charge in [0.05, 0.1) is 6.61 Å². The third kappa shape index (κ3) is 6.27. The summed E-state index contributed by atoms with van der Waals surface area (Å²) in [5.74, 6) is -0.421. The molecular weight excluding hydrogens is 346 g/mol. The largest absolute Gasteiger partial charge is 0.450 e. The highest BCUT2D eigenvalue weighted by Crippen LogP contribution is 2.13. The van der Waals surface area contributed by atoms with E-state index in [2.05, 4.69) is 10.6 Å². The topological polar surface area (TPSA) is 87.7 Å². The van der Waals surface area contributed by atoms with Crippen molar-refractivity contribution in [2.75, 3.05) is 19.7 Å². The lowest BCUT2D eigenvalue weighted by molar-refractivity contribution is 0.0859. The SMILES string of the molecule is CCOC(=O)N1CCC(NC(=O)c2cccc(C(=O)NC(C)(C)C)c2)CC1. The molecule has 7 nitrogen and oxygen atoms in total. The minimum absolute atomic E-state index is 0.00441. The molecular formula is C20H29N3O4. The Labute approximate surface area is 160 Å². The molecule has 1 aliphatic rings. The number of nitrogens with one attached hydrogen (secondary N) is 2. The smallest absolute Gasteiger partial charge is 0.409 e. The Balaban J connectivity index is 1.92. The average molecular weight is 375 g/mol. The predicted octanol–water partition coefficient (Wildman–Crippen LogP) is 2.57. The summed E-state index contributed by atoms with van der Waals surface area (Å²) >= 11 is 0. The first-order valence-corrected chi connectivity index (χ1v) is 9.34. The molecule has 0 unspecified atom stereocenters. The van der Waals surface area contributed by atoms with Crippen molar-refractivity contribution in [3.05, 3.63) is 35.4 Å². The van der Waals surface area contributed by atoms with E-state index in [0.717, 1.165) is 0 Å². The molecule has 0 bridgehead atoms. The summed E-state index contributed by atoms with van der Waals surface area (Å²) in [5, 5.41) is 5.88. The number of nitrogens with zero attached hydrogens (tertiary/aromatic N) is 1. The van der Waals surface area contributed by atoms with Gasteiger partial charge in [-0.15, -0.1) is 0 Å². The van der Waals surface area contributed by atoms with Crippen LogP contribution in [0.15, 0.2) is 24.3 Å². The first-order valence-electron chi connectivity index (χ1n) is 9.34. The van der Waals surface area contributed by atoms with Crippen LogP contribution < -0.4 is 10.6 Å². The minimum atomic E-state index is -0.345. The van der Waals surface area contributed by atoms with Gasteiger partial charge in [0.15, 0.2) is 0 Å². The molecule has 2 N–H and O–H groups in total. The Morgan fingerprint density at radius 3 is 2.26 bits per heavy atom. The van der Waals surface area contributed by atoms with Gasteiger partial charge in [-0.1, -0.05) is 6.07 Å². The van der Waals surface area contributed by atoms with Crippen molar-refractivity contribution in [3.63, 3.8) is 0 Å². The van der Waals surface area contributed by atoms with Gasteiger partial charge in [0, 0.05) is 35.8 Å². The zero-order chi connectivity index (χ0) is 20.0. The molecule has 0 saturated carbocycles. The molecule has 27 heavy (non-hydrogen) atoms. The number of likely N-dealkylation sites (tertiary alicyclic amines) is 1. The molecule has 0 radical (unpaired) electrons. The van der Waals surface area contributed by atoms with E-state index in [1.54, 1.807) is 36.1 Å².